The fourth-order valence-electron chi connectivity index (χ4n) is 6.17. The molecule has 44 heavy (non-hydrogen) atoms. The lowest BCUT2D eigenvalue weighted by Gasteiger charge is -2.32. The van der Waals surface area contributed by atoms with E-state index in [1.54, 1.807) is 0 Å². The lowest BCUT2D eigenvalue weighted by Crippen LogP contribution is -2.68. The number of rotatable bonds is 7. The molecule has 0 unspecified atom stereocenters. The molecule has 5 aromatic rings. The van der Waals surface area contributed by atoms with Crippen LogP contribution in [-0.4, -0.2) is 0 Å². The first-order valence-electron chi connectivity index (χ1n) is 14.6. The number of fused-ring (bicyclic) bond motifs is 3. The molecule has 0 saturated heterocycles. The van der Waals surface area contributed by atoms with Gasteiger partial charge in [0.1, 0.15) is 7.05 Å². The van der Waals surface area contributed by atoms with Crippen molar-refractivity contribution in [1.82, 2.24) is 0 Å². The van der Waals surface area contributed by atoms with Crippen LogP contribution in [0.1, 0.15) is 48.9 Å². The number of benzene rings is 4. The summed E-state index contributed by atoms with van der Waals surface area (Å²) in [6.45, 7) is 4.68. The predicted octanol–water partition coefficient (Wildman–Crippen LogP) is 4.48. The Labute approximate surface area is 261 Å². The SMILES string of the molecule is CCC1(CC)c2cc(/C=C/c3cc[n+](C)cc3)ccc2-c2ccc(N(c3ccccc3)c3ccccc3)cc21.[O-][Cl+3]([O-])([O-])[O-]. The van der Waals surface area contributed by atoms with E-state index < -0.39 is 10.2 Å². The quantitative estimate of drug-likeness (QED) is 0.254. The van der Waals surface area contributed by atoms with Gasteiger partial charge in [0.15, 0.2) is 12.4 Å². The second-order valence-electron chi connectivity index (χ2n) is 10.8. The van der Waals surface area contributed by atoms with Crippen LogP contribution in [0.3, 0.4) is 0 Å². The zero-order valence-corrected chi connectivity index (χ0v) is 25.8. The molecule has 0 aliphatic heterocycles. The van der Waals surface area contributed by atoms with Gasteiger partial charge < -0.3 is 4.90 Å². The molecule has 4 aromatic carbocycles. The standard InChI is InChI=1S/C37H35N2.ClHO4/c1-4-37(5-2)35-26-29(17-16-28-22-24-38(3)25-23-28)18-20-33(35)34-21-19-32(27-36(34)37)39(30-12-8-6-9-13-30)31-14-10-7-11-15-31;2-1(3,4)5/h6-27H,4-5H2,1-3H3;(H,2,3,4,5)/q+1;/p-1. The second-order valence-corrected chi connectivity index (χ2v) is 11.6. The molecule has 7 heteroatoms. The molecule has 6 nitrogen and oxygen atoms in total. The van der Waals surface area contributed by atoms with E-state index in [1.807, 2.05) is 7.05 Å². The zero-order valence-electron chi connectivity index (χ0n) is 25.0. The highest BCUT2D eigenvalue weighted by Crippen LogP contribution is 2.54. The van der Waals surface area contributed by atoms with Gasteiger partial charge in [-0.1, -0.05) is 86.7 Å². The third kappa shape index (κ3) is 6.76. The van der Waals surface area contributed by atoms with Gasteiger partial charge in [0.05, 0.1) is 0 Å². The van der Waals surface area contributed by atoms with Crippen molar-refractivity contribution in [3.05, 3.63) is 144 Å². The maximum Gasteiger partial charge on any atom is 0.169 e. The Morgan fingerprint density at radius 2 is 1.09 bits per heavy atom. The fraction of sp³-hybridized carbons (Fsp3) is 0.162. The van der Waals surface area contributed by atoms with Crippen LogP contribution in [0.25, 0.3) is 23.3 Å². The van der Waals surface area contributed by atoms with Crippen LogP contribution in [0.2, 0.25) is 0 Å². The van der Waals surface area contributed by atoms with Gasteiger partial charge in [0, 0.05) is 34.6 Å². The number of para-hydroxylation sites is 2. The van der Waals surface area contributed by atoms with Crippen LogP contribution in [0.5, 0.6) is 0 Å². The highest BCUT2D eigenvalue weighted by atomic mass is 35.7. The molecule has 0 N–H and O–H groups in total. The minimum atomic E-state index is -4.94. The average molecular weight is 607 g/mol. The number of hydrogen-bond acceptors (Lipinski definition) is 5. The van der Waals surface area contributed by atoms with Gasteiger partial charge in [-0.05, 0) is 82.6 Å². The predicted molar refractivity (Wildman–Crippen MR) is 164 cm³/mol. The number of halogens is 1. The molecule has 0 saturated carbocycles. The summed E-state index contributed by atoms with van der Waals surface area (Å²) >= 11 is 0. The molecule has 1 heterocycles. The molecule has 1 aromatic heterocycles. The Morgan fingerprint density at radius 3 is 1.61 bits per heavy atom. The lowest BCUT2D eigenvalue weighted by atomic mass is 9.73. The first-order valence-corrected chi connectivity index (χ1v) is 15.8. The number of nitrogens with zero attached hydrogens (tertiary/aromatic N) is 2. The van der Waals surface area contributed by atoms with E-state index >= 15 is 0 Å². The lowest BCUT2D eigenvalue weighted by molar-refractivity contribution is -2.00. The first kappa shape index (κ1) is 31.1. The van der Waals surface area contributed by atoms with Gasteiger partial charge in [-0.15, -0.1) is 10.2 Å². The van der Waals surface area contributed by atoms with Crippen molar-refractivity contribution in [2.24, 2.45) is 7.05 Å². The Kier molecular flexibility index (Phi) is 9.30. The molecule has 0 amide bonds. The Bertz CT molecular complexity index is 1680. The molecule has 1 aliphatic carbocycles. The van der Waals surface area contributed by atoms with Crippen LogP contribution in [0, 0.1) is 10.2 Å². The smallest absolute Gasteiger partial charge is 0.169 e. The largest absolute Gasteiger partial charge is 0.310 e. The minimum absolute atomic E-state index is 0.00985. The number of anilines is 3. The van der Waals surface area contributed by atoms with E-state index in [1.165, 1.54) is 50.4 Å². The molecule has 1 aliphatic rings. The van der Waals surface area contributed by atoms with Crippen molar-refractivity contribution in [2.75, 3.05) is 4.90 Å². The number of pyridine rings is 1. The molecule has 0 fully saturated rings. The van der Waals surface area contributed by atoms with Crippen molar-refractivity contribution in [1.29, 1.82) is 0 Å². The van der Waals surface area contributed by atoms with E-state index in [-0.39, 0.29) is 5.41 Å². The average Bonchev–Trinajstić information content (AvgIpc) is 3.30. The Balaban J connectivity index is 0.000000712. The van der Waals surface area contributed by atoms with E-state index in [0.29, 0.717) is 0 Å². The van der Waals surface area contributed by atoms with Crippen molar-refractivity contribution in [3.8, 4) is 11.1 Å². The number of hydrogen-bond donors (Lipinski definition) is 0. The molecule has 0 atom stereocenters. The first-order chi connectivity index (χ1) is 21.1. The summed E-state index contributed by atoms with van der Waals surface area (Å²) in [4.78, 5) is 2.37. The Hall–Kier alpha value is -4.30. The van der Waals surface area contributed by atoms with Crippen molar-refractivity contribution < 1.29 is 33.4 Å². The van der Waals surface area contributed by atoms with Crippen LogP contribution in [-0.2, 0) is 12.5 Å². The summed E-state index contributed by atoms with van der Waals surface area (Å²) in [7, 11) is -2.90. The molecule has 0 radical (unpaired) electrons. The summed E-state index contributed by atoms with van der Waals surface area (Å²) in [5, 5.41) is 0. The number of aromatic nitrogens is 1. The van der Waals surface area contributed by atoms with Crippen molar-refractivity contribution in [2.45, 2.75) is 32.1 Å². The molecule has 0 spiro atoms. The van der Waals surface area contributed by atoms with Gasteiger partial charge in [-0.3, -0.25) is 0 Å². The monoisotopic (exact) mass is 606 g/mol. The highest BCUT2D eigenvalue weighted by Gasteiger charge is 2.41. The van der Waals surface area contributed by atoms with Gasteiger partial charge in [-0.2, -0.15) is 0 Å². The fourth-order valence-corrected chi connectivity index (χ4v) is 6.17. The van der Waals surface area contributed by atoms with E-state index in [9.17, 15) is 0 Å². The molecule has 0 bridgehead atoms. The third-order valence-electron chi connectivity index (χ3n) is 8.33. The van der Waals surface area contributed by atoms with Crippen molar-refractivity contribution in [3.63, 3.8) is 0 Å². The molecular formula is C37H35ClN2O4. The maximum absolute atomic E-state index is 8.49. The van der Waals surface area contributed by atoms with Gasteiger partial charge in [0.25, 0.3) is 0 Å². The van der Waals surface area contributed by atoms with Gasteiger partial charge in [-0.25, -0.2) is 23.2 Å². The van der Waals surface area contributed by atoms with Crippen LogP contribution < -0.4 is 28.1 Å². The van der Waals surface area contributed by atoms with Crippen molar-refractivity contribution >= 4 is 29.2 Å². The summed E-state index contributed by atoms with van der Waals surface area (Å²) in [6, 6.07) is 39.7. The summed E-state index contributed by atoms with van der Waals surface area (Å²) in [5.41, 5.74) is 11.6. The van der Waals surface area contributed by atoms with Crippen LogP contribution in [0.4, 0.5) is 17.1 Å². The summed E-state index contributed by atoms with van der Waals surface area (Å²) < 4.78 is 36.0. The highest BCUT2D eigenvalue weighted by molar-refractivity contribution is 5.87. The third-order valence-corrected chi connectivity index (χ3v) is 8.33. The molecule has 224 valence electrons. The minimum Gasteiger partial charge on any atom is -0.310 e. The zero-order chi connectivity index (χ0) is 31.3. The molecule has 6 rings (SSSR count). The van der Waals surface area contributed by atoms with E-state index in [4.69, 9.17) is 18.6 Å². The van der Waals surface area contributed by atoms with Gasteiger partial charge >= 0.3 is 0 Å². The van der Waals surface area contributed by atoms with Crippen LogP contribution in [0.15, 0.2) is 122 Å². The normalized spacial score (nSPS) is 13.2. The summed E-state index contributed by atoms with van der Waals surface area (Å²) in [6.07, 6.45) is 10.7. The molecular weight excluding hydrogens is 572 g/mol. The number of aryl methyl sites for hydroxylation is 1. The Morgan fingerprint density at radius 1 is 0.614 bits per heavy atom. The van der Waals surface area contributed by atoms with E-state index in [0.717, 1.165) is 12.8 Å². The van der Waals surface area contributed by atoms with Gasteiger partial charge in [0.2, 0.25) is 0 Å². The topological polar surface area (TPSA) is 99.4 Å². The summed E-state index contributed by atoms with van der Waals surface area (Å²) in [5.74, 6) is 0. The van der Waals surface area contributed by atoms with E-state index in [2.05, 4.69) is 157 Å². The second kappa shape index (κ2) is 13.1. The van der Waals surface area contributed by atoms with Crippen LogP contribution >= 0.6 is 0 Å². The maximum atomic E-state index is 8.49.